The van der Waals surface area contributed by atoms with E-state index >= 15 is 0 Å². The number of amides is 1. The molecule has 2 rings (SSSR count). The number of ether oxygens (including phenoxy) is 5. The number of rotatable bonds is 7. The van der Waals surface area contributed by atoms with E-state index < -0.39 is 54.5 Å². The van der Waals surface area contributed by atoms with Crippen LogP contribution in [0.1, 0.15) is 27.7 Å². The molecule has 0 bridgehead atoms. The molecule has 0 radical (unpaired) electrons. The van der Waals surface area contributed by atoms with Crippen LogP contribution in [0.25, 0.3) is 0 Å². The summed E-state index contributed by atoms with van der Waals surface area (Å²) in [5.41, 5.74) is 0. The molecule has 10 nitrogen and oxygen atoms in total. The molecule has 1 N–H and O–H groups in total. The zero-order valence-electron chi connectivity index (χ0n) is 17.5. The van der Waals surface area contributed by atoms with E-state index in [1.54, 1.807) is 12.1 Å². The number of esters is 3. The summed E-state index contributed by atoms with van der Waals surface area (Å²) in [6, 6.07) is 6.02. The Labute approximate surface area is 193 Å². The Morgan fingerprint density at radius 2 is 1.52 bits per heavy atom. The summed E-state index contributed by atoms with van der Waals surface area (Å²) in [5, 5.41) is 2.64. The molecule has 0 spiro atoms. The molecule has 0 aromatic heterocycles. The standard InChI is InChI=1S/C20H24INO9/c1-10(23)22-17-19(29-13(4)26)18(28-12(3)25)16(9-27-11(2)24)31-20(17)30-15-7-5-14(21)6-8-15/h5-8,16-20H,9H2,1-4H3,(H,22,23)/t16-,17-,18-,19-,20-/m1/s1. The Morgan fingerprint density at radius 1 is 0.935 bits per heavy atom. The largest absolute Gasteiger partial charge is 0.463 e. The van der Waals surface area contributed by atoms with Crippen molar-refractivity contribution in [3.05, 3.63) is 27.8 Å². The fraction of sp³-hybridized carbons (Fsp3) is 0.500. The number of hydrogen-bond donors (Lipinski definition) is 1. The molecule has 1 aromatic rings. The van der Waals surface area contributed by atoms with Gasteiger partial charge in [-0.3, -0.25) is 19.2 Å². The summed E-state index contributed by atoms with van der Waals surface area (Å²) < 4.78 is 28.6. The van der Waals surface area contributed by atoms with Crippen LogP contribution in [0.5, 0.6) is 5.75 Å². The van der Waals surface area contributed by atoms with Crippen molar-refractivity contribution < 1.29 is 42.9 Å². The van der Waals surface area contributed by atoms with E-state index in [9.17, 15) is 19.2 Å². The normalized spacial score (nSPS) is 25.1. The second-order valence-electron chi connectivity index (χ2n) is 6.79. The second-order valence-corrected chi connectivity index (χ2v) is 8.04. The van der Waals surface area contributed by atoms with Crippen LogP contribution in [0.3, 0.4) is 0 Å². The predicted octanol–water partition coefficient (Wildman–Crippen LogP) is 1.33. The van der Waals surface area contributed by atoms with Crippen LogP contribution in [0, 0.1) is 3.57 Å². The van der Waals surface area contributed by atoms with Crippen molar-refractivity contribution in [2.45, 2.75) is 58.3 Å². The fourth-order valence-corrected chi connectivity index (χ4v) is 3.40. The highest BCUT2D eigenvalue weighted by Gasteiger charge is 2.51. The first kappa shape index (κ1) is 24.9. The van der Waals surface area contributed by atoms with E-state index in [1.165, 1.54) is 27.7 Å². The van der Waals surface area contributed by atoms with Gasteiger partial charge in [-0.15, -0.1) is 0 Å². The molecule has 0 aliphatic carbocycles. The lowest BCUT2D eigenvalue weighted by molar-refractivity contribution is -0.257. The minimum atomic E-state index is -1.16. The maximum absolute atomic E-state index is 11.9. The molecule has 5 atom stereocenters. The van der Waals surface area contributed by atoms with Gasteiger partial charge >= 0.3 is 17.9 Å². The van der Waals surface area contributed by atoms with E-state index in [-0.39, 0.29) is 6.61 Å². The van der Waals surface area contributed by atoms with Gasteiger partial charge in [-0.05, 0) is 46.9 Å². The van der Waals surface area contributed by atoms with Gasteiger partial charge in [0.05, 0.1) is 0 Å². The first-order valence-corrected chi connectivity index (χ1v) is 10.5. The highest BCUT2D eigenvalue weighted by molar-refractivity contribution is 14.1. The number of halogens is 1. The summed E-state index contributed by atoms with van der Waals surface area (Å²) in [5.74, 6) is -1.93. The number of hydrogen-bond acceptors (Lipinski definition) is 9. The highest BCUT2D eigenvalue weighted by atomic mass is 127. The molecule has 1 aromatic carbocycles. The molecule has 1 fully saturated rings. The number of carbonyl (C=O) groups excluding carboxylic acids is 4. The molecule has 1 aliphatic rings. The number of benzene rings is 1. The molecule has 1 saturated heterocycles. The first-order chi connectivity index (χ1) is 14.6. The van der Waals surface area contributed by atoms with Gasteiger partial charge in [0.1, 0.15) is 24.5 Å². The van der Waals surface area contributed by atoms with Crippen LogP contribution in [0.4, 0.5) is 0 Å². The summed E-state index contributed by atoms with van der Waals surface area (Å²) in [6.45, 7) is 4.56. The Morgan fingerprint density at radius 3 is 2.03 bits per heavy atom. The van der Waals surface area contributed by atoms with Gasteiger partial charge < -0.3 is 29.0 Å². The smallest absolute Gasteiger partial charge is 0.303 e. The molecule has 170 valence electrons. The van der Waals surface area contributed by atoms with Gasteiger partial charge in [-0.25, -0.2) is 0 Å². The van der Waals surface area contributed by atoms with Crippen LogP contribution in [0.2, 0.25) is 0 Å². The van der Waals surface area contributed by atoms with E-state index in [0.717, 1.165) is 3.57 Å². The van der Waals surface area contributed by atoms with Crippen molar-refractivity contribution in [3.8, 4) is 5.75 Å². The summed E-state index contributed by atoms with van der Waals surface area (Å²) in [6.07, 6.45) is -4.47. The molecular formula is C20H24INO9. The third-order valence-corrected chi connectivity index (χ3v) is 4.86. The number of carbonyl (C=O) groups is 4. The lowest BCUT2D eigenvalue weighted by Crippen LogP contribution is -2.67. The zero-order valence-corrected chi connectivity index (χ0v) is 19.6. The quantitative estimate of drug-likeness (QED) is 0.305. The second kappa shape index (κ2) is 11.3. The molecule has 1 aliphatic heterocycles. The molecule has 11 heteroatoms. The zero-order chi connectivity index (χ0) is 23.1. The average Bonchev–Trinajstić information content (AvgIpc) is 2.65. The molecule has 1 amide bonds. The summed E-state index contributed by atoms with van der Waals surface area (Å²) in [4.78, 5) is 46.7. The Hall–Kier alpha value is -2.41. The van der Waals surface area contributed by atoms with Crippen molar-refractivity contribution in [3.63, 3.8) is 0 Å². The lowest BCUT2D eigenvalue weighted by atomic mass is 9.96. The molecule has 31 heavy (non-hydrogen) atoms. The van der Waals surface area contributed by atoms with Crippen LogP contribution >= 0.6 is 22.6 Å². The van der Waals surface area contributed by atoms with E-state index in [4.69, 9.17) is 23.7 Å². The van der Waals surface area contributed by atoms with Gasteiger partial charge in [0.25, 0.3) is 0 Å². The molecule has 0 saturated carbocycles. The summed E-state index contributed by atoms with van der Waals surface area (Å²) in [7, 11) is 0. The van der Waals surface area contributed by atoms with Gasteiger partial charge in [0.15, 0.2) is 12.2 Å². The Balaban J connectivity index is 2.43. The van der Waals surface area contributed by atoms with Crippen LogP contribution in [0.15, 0.2) is 24.3 Å². The van der Waals surface area contributed by atoms with Crippen molar-refractivity contribution in [1.29, 1.82) is 0 Å². The van der Waals surface area contributed by atoms with E-state index in [1.807, 2.05) is 12.1 Å². The van der Waals surface area contributed by atoms with Crippen LogP contribution in [-0.4, -0.2) is 61.1 Å². The van der Waals surface area contributed by atoms with Gasteiger partial charge in [0, 0.05) is 31.3 Å². The maximum atomic E-state index is 11.9. The number of nitrogens with one attached hydrogen (secondary N) is 1. The lowest BCUT2D eigenvalue weighted by Gasteiger charge is -2.44. The van der Waals surface area contributed by atoms with Crippen molar-refractivity contribution >= 4 is 46.4 Å². The average molecular weight is 549 g/mol. The predicted molar refractivity (Wildman–Crippen MR) is 114 cm³/mol. The monoisotopic (exact) mass is 549 g/mol. The first-order valence-electron chi connectivity index (χ1n) is 9.39. The van der Waals surface area contributed by atoms with Crippen molar-refractivity contribution in [1.82, 2.24) is 5.32 Å². The summed E-state index contributed by atoms with van der Waals surface area (Å²) >= 11 is 2.14. The minimum absolute atomic E-state index is 0.287. The third-order valence-electron chi connectivity index (χ3n) is 4.14. The molecule has 0 unspecified atom stereocenters. The van der Waals surface area contributed by atoms with Gasteiger partial charge in [-0.2, -0.15) is 0 Å². The Kier molecular flexibility index (Phi) is 9.04. The van der Waals surface area contributed by atoms with Crippen molar-refractivity contribution in [2.24, 2.45) is 0 Å². The SMILES string of the molecule is CC(=O)N[C@H]1[C@H](Oc2ccc(I)cc2)O[C@H](COC(C)=O)[C@@H](OC(C)=O)[C@@H]1OC(C)=O. The third kappa shape index (κ3) is 7.65. The van der Waals surface area contributed by atoms with Crippen LogP contribution in [-0.2, 0) is 38.1 Å². The minimum Gasteiger partial charge on any atom is -0.463 e. The molecular weight excluding hydrogens is 525 g/mol. The molecule has 1 heterocycles. The van der Waals surface area contributed by atoms with E-state index in [0.29, 0.717) is 5.75 Å². The van der Waals surface area contributed by atoms with E-state index in [2.05, 4.69) is 27.9 Å². The highest BCUT2D eigenvalue weighted by Crippen LogP contribution is 2.29. The Bertz CT molecular complexity index is 813. The van der Waals surface area contributed by atoms with Crippen molar-refractivity contribution in [2.75, 3.05) is 6.61 Å². The topological polar surface area (TPSA) is 126 Å². The maximum Gasteiger partial charge on any atom is 0.303 e. The fourth-order valence-electron chi connectivity index (χ4n) is 3.04. The van der Waals surface area contributed by atoms with Gasteiger partial charge in [-0.1, -0.05) is 0 Å². The van der Waals surface area contributed by atoms with Crippen LogP contribution < -0.4 is 10.1 Å². The van der Waals surface area contributed by atoms with Gasteiger partial charge in [0.2, 0.25) is 12.2 Å².